The van der Waals surface area contributed by atoms with Crippen molar-refractivity contribution in [3.05, 3.63) is 86.4 Å². The number of nitrogens with one attached hydrogen (secondary N) is 1. The molecule has 0 aromatic carbocycles. The summed E-state index contributed by atoms with van der Waals surface area (Å²) in [7, 11) is 2.68. The van der Waals surface area contributed by atoms with Gasteiger partial charge in [0, 0.05) is 40.9 Å². The van der Waals surface area contributed by atoms with Crippen LogP contribution in [0.5, 0.6) is 0 Å². The van der Waals surface area contributed by atoms with Gasteiger partial charge in [-0.1, -0.05) is 26.5 Å². The van der Waals surface area contributed by atoms with Crippen LogP contribution in [0.25, 0.3) is 18.2 Å². The van der Waals surface area contributed by atoms with Gasteiger partial charge in [0.2, 0.25) is 0 Å². The number of carbonyl (C=O) groups excluding carboxylic acids is 2. The molecule has 0 radical (unpaired) electrons. The molecule has 0 fully saturated rings. The largest absolute Gasteiger partial charge is 0.515 e. The van der Waals surface area contributed by atoms with Gasteiger partial charge in [0.1, 0.15) is 0 Å². The number of allylic oxidation sites excluding steroid dienone is 6. The summed E-state index contributed by atoms with van der Waals surface area (Å²) in [6.45, 7) is 14.1. The van der Waals surface area contributed by atoms with E-state index in [-0.39, 0.29) is 35.5 Å². The smallest absolute Gasteiger partial charge is 0.340 e. The predicted molar refractivity (Wildman–Crippen MR) is 174 cm³/mol. The maximum Gasteiger partial charge on any atom is 0.340 e. The number of rotatable bonds is 6. The minimum atomic E-state index is -0.571. The zero-order chi connectivity index (χ0) is 31.9. The van der Waals surface area contributed by atoms with Gasteiger partial charge in [-0.05, 0) is 74.1 Å². The maximum absolute atomic E-state index is 13.2. The van der Waals surface area contributed by atoms with Crippen LogP contribution in [0.4, 0.5) is 0 Å². The number of nitrogens with zero attached hydrogens (tertiary/aromatic N) is 3. The number of fused-ring (bicyclic) bond motifs is 5. The molecular formula is C35H38N4O5. The van der Waals surface area contributed by atoms with E-state index in [0.717, 1.165) is 63.4 Å². The second kappa shape index (κ2) is 12.1. The topological polar surface area (TPSA) is 126 Å². The third-order valence-electron chi connectivity index (χ3n) is 8.99. The molecule has 0 spiro atoms. The van der Waals surface area contributed by atoms with Crippen LogP contribution < -0.4 is 0 Å². The van der Waals surface area contributed by atoms with Crippen molar-refractivity contribution in [1.82, 2.24) is 4.98 Å². The number of ether oxygens (including phenoxy) is 2. The molecule has 0 unspecified atom stereocenters. The zero-order valence-corrected chi connectivity index (χ0v) is 26.3. The van der Waals surface area contributed by atoms with Gasteiger partial charge in [-0.25, -0.2) is 14.8 Å². The number of aliphatic imine (C=N–C) groups is 3. The van der Waals surface area contributed by atoms with E-state index in [9.17, 15) is 14.7 Å². The van der Waals surface area contributed by atoms with Crippen molar-refractivity contribution in [2.75, 3.05) is 14.2 Å². The molecule has 0 saturated carbocycles. The summed E-state index contributed by atoms with van der Waals surface area (Å²) in [4.78, 5) is 43.9. The Morgan fingerprint density at radius 1 is 1.02 bits per heavy atom. The SMILES string of the molecule is C=Cc1c2[nH]c(c1C)C=C1N=C(/C(=C\O)C3=NC(=CC4=NC(=C2)C(C)=C4CC)C(C)=C3C(=O)OC)[C@@H](CCC(=O)OC)[C@@H]1C. The highest BCUT2D eigenvalue weighted by Crippen LogP contribution is 2.41. The van der Waals surface area contributed by atoms with Crippen LogP contribution in [0.2, 0.25) is 0 Å². The molecule has 2 atom stereocenters. The quantitative estimate of drug-likeness (QED) is 0.278. The van der Waals surface area contributed by atoms with Crippen LogP contribution in [-0.2, 0) is 19.1 Å². The average Bonchev–Trinajstić information content (AvgIpc) is 3.69. The highest BCUT2D eigenvalue weighted by molar-refractivity contribution is 6.39. The summed E-state index contributed by atoms with van der Waals surface area (Å²) >= 11 is 0. The molecule has 2 N–H and O–H groups in total. The summed E-state index contributed by atoms with van der Waals surface area (Å²) < 4.78 is 10.1. The number of aromatic nitrogens is 1. The molecule has 9 nitrogen and oxygen atoms in total. The molecular weight excluding hydrogens is 556 g/mol. The van der Waals surface area contributed by atoms with Gasteiger partial charge >= 0.3 is 11.9 Å². The Morgan fingerprint density at radius 3 is 2.39 bits per heavy atom. The van der Waals surface area contributed by atoms with Crippen molar-refractivity contribution in [3.63, 3.8) is 0 Å². The first-order chi connectivity index (χ1) is 21.1. The molecule has 8 bridgehead atoms. The molecule has 1 aromatic heterocycles. The summed E-state index contributed by atoms with van der Waals surface area (Å²) in [5.74, 6) is -1.30. The second-order valence-corrected chi connectivity index (χ2v) is 11.3. The van der Waals surface area contributed by atoms with Crippen molar-refractivity contribution < 1.29 is 24.2 Å². The molecule has 5 rings (SSSR count). The summed E-state index contributed by atoms with van der Waals surface area (Å²) in [6.07, 6.45) is 10.1. The van der Waals surface area contributed by atoms with Gasteiger partial charge < -0.3 is 19.6 Å². The van der Waals surface area contributed by atoms with E-state index in [1.165, 1.54) is 14.2 Å². The number of carbonyl (C=O) groups is 2. The van der Waals surface area contributed by atoms with Crippen LogP contribution in [0, 0.1) is 18.8 Å². The average molecular weight is 595 g/mol. The van der Waals surface area contributed by atoms with Crippen LogP contribution in [0.15, 0.2) is 78.9 Å². The lowest BCUT2D eigenvalue weighted by atomic mass is 9.82. The van der Waals surface area contributed by atoms with Crippen molar-refractivity contribution in [2.24, 2.45) is 26.8 Å². The number of methoxy groups -OCH3 is 2. The van der Waals surface area contributed by atoms with E-state index >= 15 is 0 Å². The highest BCUT2D eigenvalue weighted by atomic mass is 16.5. The Labute approximate surface area is 257 Å². The first kappa shape index (κ1) is 30.7. The zero-order valence-electron chi connectivity index (χ0n) is 26.3. The molecule has 9 heteroatoms. The Morgan fingerprint density at radius 2 is 1.75 bits per heavy atom. The summed E-state index contributed by atoms with van der Waals surface area (Å²) in [5, 5.41) is 10.7. The number of esters is 2. The normalized spacial score (nSPS) is 21.9. The Bertz CT molecular complexity index is 1770. The van der Waals surface area contributed by atoms with Gasteiger partial charge in [-0.3, -0.25) is 9.79 Å². The predicted octanol–water partition coefficient (Wildman–Crippen LogP) is 6.77. The van der Waals surface area contributed by atoms with E-state index in [0.29, 0.717) is 29.0 Å². The van der Waals surface area contributed by atoms with Gasteiger partial charge in [-0.15, -0.1) is 0 Å². The van der Waals surface area contributed by atoms with Crippen LogP contribution >= 0.6 is 0 Å². The molecule has 0 saturated heterocycles. The fourth-order valence-corrected chi connectivity index (χ4v) is 6.38. The monoisotopic (exact) mass is 594 g/mol. The number of hydrogen-bond acceptors (Lipinski definition) is 8. The second-order valence-electron chi connectivity index (χ2n) is 11.3. The number of H-pyrrole nitrogens is 1. The third kappa shape index (κ3) is 5.06. The van der Waals surface area contributed by atoms with Crippen molar-refractivity contribution in [2.45, 2.75) is 53.9 Å². The standard InChI is InChI=1S/C35H38N4O5/c1-9-21-17(3)25-13-27-19(5)23(11-12-31(41)43-7)33(38-27)24(16-40)34-32(35(42)44-8)20(6)28(39-34)15-30-22(10-2)18(4)26(37-30)14-29(21)36-25/h9,13-16,19,23,36,40H,1,10-12H2,2-8H3/b24-16+,26-14?,27-13?,28-15?/t19-,23-/m0/s1. The number of aliphatic hydroxyl groups excluding tert-OH is 1. The molecule has 44 heavy (non-hydrogen) atoms. The lowest BCUT2D eigenvalue weighted by Crippen LogP contribution is -2.26. The number of hydrogen-bond donors (Lipinski definition) is 2. The summed E-state index contributed by atoms with van der Waals surface area (Å²) in [5.41, 5.74) is 10.7. The number of aliphatic hydroxyl groups is 1. The first-order valence-corrected chi connectivity index (χ1v) is 14.8. The van der Waals surface area contributed by atoms with Crippen LogP contribution in [-0.4, -0.2) is 53.4 Å². The molecule has 4 aliphatic heterocycles. The maximum atomic E-state index is 13.2. The fraction of sp³-hybridized carbons (Fsp3) is 0.343. The van der Waals surface area contributed by atoms with Crippen LogP contribution in [0.3, 0.4) is 0 Å². The molecule has 0 amide bonds. The highest BCUT2D eigenvalue weighted by Gasteiger charge is 2.40. The van der Waals surface area contributed by atoms with Gasteiger partial charge in [-0.2, -0.15) is 0 Å². The van der Waals surface area contributed by atoms with Crippen LogP contribution in [0.1, 0.15) is 69.5 Å². The molecule has 5 heterocycles. The molecule has 228 valence electrons. The number of aromatic amines is 1. The third-order valence-corrected chi connectivity index (χ3v) is 8.99. The summed E-state index contributed by atoms with van der Waals surface area (Å²) in [6, 6.07) is 0. The van der Waals surface area contributed by atoms with Crippen molar-refractivity contribution in [1.29, 1.82) is 0 Å². The lowest BCUT2D eigenvalue weighted by Gasteiger charge is -2.19. The van der Waals surface area contributed by atoms with Crippen molar-refractivity contribution in [3.8, 4) is 0 Å². The minimum Gasteiger partial charge on any atom is -0.515 e. The lowest BCUT2D eigenvalue weighted by molar-refractivity contribution is -0.141. The molecule has 1 aromatic rings. The van der Waals surface area contributed by atoms with Gasteiger partial charge in [0.25, 0.3) is 0 Å². The Kier molecular flexibility index (Phi) is 8.41. The Hall–Kier alpha value is -4.79. The first-order valence-electron chi connectivity index (χ1n) is 14.8. The minimum absolute atomic E-state index is 0.125. The van der Waals surface area contributed by atoms with E-state index in [2.05, 4.69) is 25.4 Å². The van der Waals surface area contributed by atoms with E-state index in [1.807, 2.05) is 45.1 Å². The fourth-order valence-electron chi connectivity index (χ4n) is 6.38. The Balaban J connectivity index is 1.82. The van der Waals surface area contributed by atoms with E-state index in [1.54, 1.807) is 0 Å². The van der Waals surface area contributed by atoms with E-state index in [4.69, 9.17) is 24.5 Å². The molecule has 4 aliphatic rings. The molecule has 0 aliphatic carbocycles. The van der Waals surface area contributed by atoms with Gasteiger partial charge in [0.15, 0.2) is 0 Å². The van der Waals surface area contributed by atoms with Crippen molar-refractivity contribution >= 4 is 47.3 Å². The van der Waals surface area contributed by atoms with Gasteiger partial charge in [0.05, 0.1) is 60.2 Å². The van der Waals surface area contributed by atoms with E-state index < -0.39 is 5.97 Å².